The standard InChI is InChI=1S/C13H20O/c1-9(2)13(10(3)4)11-5-7-12(14)8-6-11/h5-10,13-14H,1-4H3. The minimum atomic E-state index is 0.347. The van der Waals surface area contributed by atoms with Crippen LogP contribution in [0.5, 0.6) is 5.75 Å². The molecule has 0 fully saturated rings. The summed E-state index contributed by atoms with van der Waals surface area (Å²) in [4.78, 5) is 0. The molecule has 0 saturated heterocycles. The molecule has 1 N–H and O–H groups in total. The van der Waals surface area contributed by atoms with Gasteiger partial charge in [0.05, 0.1) is 0 Å². The van der Waals surface area contributed by atoms with Crippen molar-refractivity contribution in [2.24, 2.45) is 11.8 Å². The van der Waals surface area contributed by atoms with E-state index in [1.807, 2.05) is 12.1 Å². The molecule has 1 rings (SSSR count). The van der Waals surface area contributed by atoms with Crippen molar-refractivity contribution in [3.8, 4) is 5.75 Å². The summed E-state index contributed by atoms with van der Waals surface area (Å²) < 4.78 is 0. The molecule has 0 bridgehead atoms. The minimum Gasteiger partial charge on any atom is -0.508 e. The third kappa shape index (κ3) is 2.50. The van der Waals surface area contributed by atoms with E-state index in [1.54, 1.807) is 12.1 Å². The molecule has 0 aliphatic heterocycles. The van der Waals surface area contributed by atoms with Crippen molar-refractivity contribution in [3.63, 3.8) is 0 Å². The first-order valence-electron chi connectivity index (χ1n) is 5.31. The molecule has 78 valence electrons. The average molecular weight is 192 g/mol. The molecule has 1 nitrogen and oxygen atoms in total. The summed E-state index contributed by atoms with van der Waals surface area (Å²) in [6.45, 7) is 8.99. The Morgan fingerprint density at radius 1 is 0.857 bits per heavy atom. The highest BCUT2D eigenvalue weighted by molar-refractivity contribution is 5.28. The van der Waals surface area contributed by atoms with Crippen LogP contribution >= 0.6 is 0 Å². The quantitative estimate of drug-likeness (QED) is 0.772. The van der Waals surface area contributed by atoms with E-state index in [1.165, 1.54) is 5.56 Å². The summed E-state index contributed by atoms with van der Waals surface area (Å²) in [6.07, 6.45) is 0. The van der Waals surface area contributed by atoms with Crippen molar-refractivity contribution in [1.82, 2.24) is 0 Å². The monoisotopic (exact) mass is 192 g/mol. The third-order valence-corrected chi connectivity index (χ3v) is 2.71. The number of rotatable bonds is 3. The molecule has 0 aliphatic carbocycles. The van der Waals surface area contributed by atoms with Gasteiger partial charge in [-0.3, -0.25) is 0 Å². The Labute approximate surface area is 86.8 Å². The van der Waals surface area contributed by atoms with Crippen LogP contribution in [-0.4, -0.2) is 5.11 Å². The average Bonchev–Trinajstić information content (AvgIpc) is 2.07. The third-order valence-electron chi connectivity index (χ3n) is 2.71. The second-order valence-electron chi connectivity index (χ2n) is 4.61. The highest BCUT2D eigenvalue weighted by Crippen LogP contribution is 2.32. The van der Waals surface area contributed by atoms with Crippen LogP contribution in [0.3, 0.4) is 0 Å². The molecule has 0 saturated carbocycles. The van der Waals surface area contributed by atoms with Crippen molar-refractivity contribution in [2.75, 3.05) is 0 Å². The van der Waals surface area contributed by atoms with Crippen LogP contribution in [-0.2, 0) is 0 Å². The van der Waals surface area contributed by atoms with Crippen molar-refractivity contribution in [2.45, 2.75) is 33.6 Å². The Morgan fingerprint density at radius 2 is 1.29 bits per heavy atom. The molecular weight excluding hydrogens is 172 g/mol. The Balaban J connectivity index is 2.94. The van der Waals surface area contributed by atoms with Gasteiger partial charge in [0, 0.05) is 0 Å². The lowest BCUT2D eigenvalue weighted by molar-refractivity contribution is 0.387. The molecule has 0 atom stereocenters. The van der Waals surface area contributed by atoms with Gasteiger partial charge in [-0.15, -0.1) is 0 Å². The predicted molar refractivity (Wildman–Crippen MR) is 60.5 cm³/mol. The van der Waals surface area contributed by atoms with Gasteiger partial charge in [-0.05, 0) is 35.4 Å². The molecule has 0 amide bonds. The van der Waals surface area contributed by atoms with Crippen molar-refractivity contribution >= 4 is 0 Å². The maximum absolute atomic E-state index is 9.22. The van der Waals surface area contributed by atoms with Crippen LogP contribution in [0.15, 0.2) is 24.3 Å². The maximum atomic E-state index is 9.22. The molecule has 0 spiro atoms. The van der Waals surface area contributed by atoms with Gasteiger partial charge in [0.1, 0.15) is 5.75 Å². The van der Waals surface area contributed by atoms with E-state index >= 15 is 0 Å². The summed E-state index contributed by atoms with van der Waals surface area (Å²) in [7, 11) is 0. The van der Waals surface area contributed by atoms with Gasteiger partial charge in [-0.25, -0.2) is 0 Å². The van der Waals surface area contributed by atoms with E-state index in [9.17, 15) is 5.11 Å². The highest BCUT2D eigenvalue weighted by Gasteiger charge is 2.19. The molecule has 0 aromatic heterocycles. The molecule has 14 heavy (non-hydrogen) atoms. The zero-order chi connectivity index (χ0) is 10.7. The first-order chi connectivity index (χ1) is 6.52. The smallest absolute Gasteiger partial charge is 0.115 e. The van der Waals surface area contributed by atoms with E-state index in [-0.39, 0.29) is 0 Å². The van der Waals surface area contributed by atoms with E-state index in [4.69, 9.17) is 0 Å². The summed E-state index contributed by atoms with van der Waals surface area (Å²) in [5.74, 6) is 2.20. The summed E-state index contributed by atoms with van der Waals surface area (Å²) in [5.41, 5.74) is 1.33. The molecule has 1 aromatic carbocycles. The summed E-state index contributed by atoms with van der Waals surface area (Å²) >= 11 is 0. The Kier molecular flexibility index (Phi) is 3.56. The Morgan fingerprint density at radius 3 is 1.64 bits per heavy atom. The fourth-order valence-corrected chi connectivity index (χ4v) is 2.24. The van der Waals surface area contributed by atoms with Gasteiger partial charge in [0.25, 0.3) is 0 Å². The highest BCUT2D eigenvalue weighted by atomic mass is 16.3. The van der Waals surface area contributed by atoms with E-state index < -0.39 is 0 Å². The molecule has 0 aliphatic rings. The fraction of sp³-hybridized carbons (Fsp3) is 0.538. The number of benzene rings is 1. The molecule has 0 unspecified atom stereocenters. The van der Waals surface area contributed by atoms with Crippen LogP contribution < -0.4 is 0 Å². The molecule has 0 radical (unpaired) electrons. The van der Waals surface area contributed by atoms with Gasteiger partial charge in [-0.2, -0.15) is 0 Å². The number of hydrogen-bond acceptors (Lipinski definition) is 1. The van der Waals surface area contributed by atoms with Crippen LogP contribution in [0.4, 0.5) is 0 Å². The van der Waals surface area contributed by atoms with Crippen molar-refractivity contribution in [3.05, 3.63) is 29.8 Å². The fourth-order valence-electron chi connectivity index (χ4n) is 2.24. The molecule has 1 aromatic rings. The summed E-state index contributed by atoms with van der Waals surface area (Å²) in [5, 5.41) is 9.22. The van der Waals surface area contributed by atoms with E-state index in [0.717, 1.165) is 0 Å². The molecule has 0 heterocycles. The van der Waals surface area contributed by atoms with Crippen molar-refractivity contribution < 1.29 is 5.11 Å². The van der Waals surface area contributed by atoms with Gasteiger partial charge >= 0.3 is 0 Å². The lowest BCUT2D eigenvalue weighted by Crippen LogP contribution is -2.13. The Bertz CT molecular complexity index is 264. The first-order valence-corrected chi connectivity index (χ1v) is 5.31. The van der Waals surface area contributed by atoms with Gasteiger partial charge in [-0.1, -0.05) is 39.8 Å². The lowest BCUT2D eigenvalue weighted by atomic mass is 9.80. The van der Waals surface area contributed by atoms with Crippen LogP contribution in [0.25, 0.3) is 0 Å². The minimum absolute atomic E-state index is 0.347. The predicted octanol–water partition coefficient (Wildman–Crippen LogP) is 3.79. The zero-order valence-electron chi connectivity index (χ0n) is 9.49. The van der Waals surface area contributed by atoms with Crippen LogP contribution in [0, 0.1) is 11.8 Å². The number of hydrogen-bond donors (Lipinski definition) is 1. The number of aromatic hydroxyl groups is 1. The van der Waals surface area contributed by atoms with Crippen molar-refractivity contribution in [1.29, 1.82) is 0 Å². The van der Waals surface area contributed by atoms with E-state index in [2.05, 4.69) is 27.7 Å². The second-order valence-corrected chi connectivity index (χ2v) is 4.61. The van der Waals surface area contributed by atoms with E-state index in [0.29, 0.717) is 23.5 Å². The van der Waals surface area contributed by atoms with Gasteiger partial charge in [0.15, 0.2) is 0 Å². The van der Waals surface area contributed by atoms with Gasteiger partial charge < -0.3 is 5.11 Å². The maximum Gasteiger partial charge on any atom is 0.115 e. The SMILES string of the molecule is CC(C)C(c1ccc(O)cc1)C(C)C. The Hall–Kier alpha value is -0.980. The molecular formula is C13H20O. The number of phenols is 1. The first kappa shape index (κ1) is 11.1. The normalized spacial score (nSPS) is 11.6. The van der Waals surface area contributed by atoms with Crippen LogP contribution in [0.1, 0.15) is 39.2 Å². The van der Waals surface area contributed by atoms with Gasteiger partial charge in [0.2, 0.25) is 0 Å². The number of phenolic OH excluding ortho intramolecular Hbond substituents is 1. The van der Waals surface area contributed by atoms with Crippen LogP contribution in [0.2, 0.25) is 0 Å². The second kappa shape index (κ2) is 4.50. The lowest BCUT2D eigenvalue weighted by Gasteiger charge is -2.25. The summed E-state index contributed by atoms with van der Waals surface area (Å²) in [6, 6.07) is 7.60. The molecule has 1 heteroatoms. The largest absolute Gasteiger partial charge is 0.508 e. The zero-order valence-corrected chi connectivity index (χ0v) is 9.49. The topological polar surface area (TPSA) is 20.2 Å².